The average molecular weight is 267 g/mol. The van der Waals surface area contributed by atoms with Gasteiger partial charge in [0, 0.05) is 18.4 Å². The summed E-state index contributed by atoms with van der Waals surface area (Å²) in [6, 6.07) is 2.57. The zero-order chi connectivity index (χ0) is 12.9. The molecule has 1 rings (SSSR count). The Hall–Kier alpha value is -1.51. The Morgan fingerprint density at radius 2 is 2.18 bits per heavy atom. The van der Waals surface area contributed by atoms with Crippen LogP contribution < -0.4 is 5.32 Å². The number of nitrogens with one attached hydrogen (secondary N) is 1. The summed E-state index contributed by atoms with van der Waals surface area (Å²) in [4.78, 5) is 13.1. The van der Waals surface area contributed by atoms with E-state index in [9.17, 15) is 23.3 Å². The topological polar surface area (TPSA) is 68.1 Å². The molecule has 94 valence electrons. The van der Waals surface area contributed by atoms with Gasteiger partial charge < -0.3 is 15.4 Å². The number of nitro groups is 1. The highest BCUT2D eigenvalue weighted by molar-refractivity contribution is 8.00. The lowest BCUT2D eigenvalue weighted by Crippen LogP contribution is -2.09. The van der Waals surface area contributed by atoms with Gasteiger partial charge in [0.05, 0.1) is 5.69 Å². The van der Waals surface area contributed by atoms with E-state index in [2.05, 4.69) is 10.3 Å². The highest BCUT2D eigenvalue weighted by Crippen LogP contribution is 2.29. The van der Waals surface area contributed by atoms with Gasteiger partial charge in [-0.3, -0.25) is 0 Å². The first-order valence-corrected chi connectivity index (χ1v) is 5.42. The number of rotatable bonds is 5. The molecule has 0 amide bonds. The van der Waals surface area contributed by atoms with E-state index >= 15 is 0 Å². The van der Waals surface area contributed by atoms with Gasteiger partial charge in [-0.2, -0.15) is 13.2 Å². The van der Waals surface area contributed by atoms with E-state index in [1.807, 2.05) is 0 Å². The van der Waals surface area contributed by atoms with Crippen LogP contribution >= 0.6 is 11.8 Å². The van der Waals surface area contributed by atoms with Gasteiger partial charge in [0.2, 0.25) is 0 Å². The second-order valence-electron chi connectivity index (χ2n) is 2.88. The molecule has 0 saturated carbocycles. The molecular formula is C8H8F3N3O2S. The minimum atomic E-state index is -4.24. The Bertz CT molecular complexity index is 383. The minimum absolute atomic E-state index is 0.101. The lowest BCUT2D eigenvalue weighted by atomic mass is 10.4. The summed E-state index contributed by atoms with van der Waals surface area (Å²) < 4.78 is 35.3. The highest BCUT2D eigenvalue weighted by atomic mass is 32.2. The Kier molecular flexibility index (Phi) is 4.55. The van der Waals surface area contributed by atoms with Crippen molar-refractivity contribution < 1.29 is 18.1 Å². The minimum Gasteiger partial charge on any atom is -0.381 e. The molecular weight excluding hydrogens is 259 g/mol. The molecule has 0 fully saturated rings. The van der Waals surface area contributed by atoms with Gasteiger partial charge in [-0.25, -0.2) is 0 Å². The van der Waals surface area contributed by atoms with Crippen molar-refractivity contribution in [2.45, 2.75) is 5.51 Å². The maximum absolute atomic E-state index is 11.8. The van der Waals surface area contributed by atoms with Crippen LogP contribution in [0.4, 0.5) is 24.7 Å². The number of thioether (sulfide) groups is 1. The number of hydrogen-bond donors (Lipinski definition) is 1. The summed E-state index contributed by atoms with van der Waals surface area (Å²) >= 11 is -0.130. The number of alkyl halides is 3. The van der Waals surface area contributed by atoms with Crippen LogP contribution in [0, 0.1) is 10.1 Å². The molecule has 0 unspecified atom stereocenters. The van der Waals surface area contributed by atoms with Crippen LogP contribution in [0.2, 0.25) is 0 Å². The third-order valence-electron chi connectivity index (χ3n) is 1.63. The summed E-state index contributed by atoms with van der Waals surface area (Å²) in [5, 5.41) is 13.0. The Balaban J connectivity index is 2.35. The third-order valence-corrected chi connectivity index (χ3v) is 2.37. The first-order valence-electron chi connectivity index (χ1n) is 4.43. The molecule has 1 N–H and O–H groups in total. The lowest BCUT2D eigenvalue weighted by Gasteiger charge is -2.06. The van der Waals surface area contributed by atoms with Gasteiger partial charge in [-0.05, 0) is 27.7 Å². The molecule has 0 aliphatic rings. The van der Waals surface area contributed by atoms with Gasteiger partial charge >= 0.3 is 11.3 Å². The van der Waals surface area contributed by atoms with Crippen molar-refractivity contribution >= 4 is 23.3 Å². The van der Waals surface area contributed by atoms with Crippen LogP contribution in [-0.2, 0) is 0 Å². The van der Waals surface area contributed by atoms with Crippen molar-refractivity contribution in [1.82, 2.24) is 4.98 Å². The van der Waals surface area contributed by atoms with Gasteiger partial charge in [0.25, 0.3) is 0 Å². The standard InChI is InChI=1S/C8H8F3N3O2S/c9-8(10,11)17-4-3-12-6-1-2-7(13-5-6)14(15)16/h1-2,5,12H,3-4H2. The second kappa shape index (κ2) is 5.71. The highest BCUT2D eigenvalue weighted by Gasteiger charge is 2.27. The average Bonchev–Trinajstić information content (AvgIpc) is 2.24. The van der Waals surface area contributed by atoms with E-state index in [4.69, 9.17) is 0 Å². The van der Waals surface area contributed by atoms with Crippen molar-refractivity contribution in [3.63, 3.8) is 0 Å². The van der Waals surface area contributed by atoms with Crippen LogP contribution in [0.15, 0.2) is 18.3 Å². The molecule has 17 heavy (non-hydrogen) atoms. The smallest absolute Gasteiger partial charge is 0.381 e. The summed E-state index contributed by atoms with van der Waals surface area (Å²) in [5.74, 6) is -0.444. The quantitative estimate of drug-likeness (QED) is 0.504. The van der Waals surface area contributed by atoms with E-state index in [-0.39, 0.29) is 29.9 Å². The van der Waals surface area contributed by atoms with Crippen LogP contribution in [0.5, 0.6) is 0 Å². The van der Waals surface area contributed by atoms with Gasteiger partial charge in [0.15, 0.2) is 6.20 Å². The maximum Gasteiger partial charge on any atom is 0.441 e. The molecule has 1 heterocycles. The van der Waals surface area contributed by atoms with Gasteiger partial charge in [-0.1, -0.05) is 0 Å². The van der Waals surface area contributed by atoms with E-state index in [1.54, 1.807) is 0 Å². The number of anilines is 1. The zero-order valence-corrected chi connectivity index (χ0v) is 9.22. The number of hydrogen-bond acceptors (Lipinski definition) is 5. The van der Waals surface area contributed by atoms with E-state index in [1.165, 1.54) is 18.3 Å². The molecule has 0 radical (unpaired) electrons. The maximum atomic E-state index is 11.8. The van der Waals surface area contributed by atoms with Crippen LogP contribution in [0.1, 0.15) is 0 Å². The van der Waals surface area contributed by atoms with Crippen LogP contribution in [-0.4, -0.2) is 27.7 Å². The zero-order valence-electron chi connectivity index (χ0n) is 8.40. The summed E-state index contributed by atoms with van der Waals surface area (Å²) in [7, 11) is 0. The molecule has 0 aromatic carbocycles. The lowest BCUT2D eigenvalue weighted by molar-refractivity contribution is -0.389. The SMILES string of the molecule is O=[N+]([O-])c1ccc(NCCSC(F)(F)F)cn1. The first-order chi connectivity index (χ1) is 7.88. The fraction of sp³-hybridized carbons (Fsp3) is 0.375. The summed E-state index contributed by atoms with van der Waals surface area (Å²) in [6.45, 7) is 0.101. The van der Waals surface area contributed by atoms with E-state index in [0.717, 1.165) is 0 Å². The summed E-state index contributed by atoms with van der Waals surface area (Å²) in [5.41, 5.74) is -3.80. The third kappa shape index (κ3) is 5.38. The first kappa shape index (κ1) is 13.6. The largest absolute Gasteiger partial charge is 0.441 e. The normalized spacial score (nSPS) is 11.2. The number of nitrogens with zero attached hydrogens (tertiary/aromatic N) is 2. The predicted octanol–water partition coefficient (Wildman–Crippen LogP) is 2.65. The van der Waals surface area contributed by atoms with Crippen molar-refractivity contribution in [2.75, 3.05) is 17.6 Å². The molecule has 9 heteroatoms. The molecule has 5 nitrogen and oxygen atoms in total. The van der Waals surface area contributed by atoms with Gasteiger partial charge in [0.1, 0.15) is 0 Å². The predicted molar refractivity (Wildman–Crippen MR) is 57.9 cm³/mol. The number of aromatic nitrogens is 1. The fourth-order valence-electron chi connectivity index (χ4n) is 0.961. The van der Waals surface area contributed by atoms with Crippen LogP contribution in [0.25, 0.3) is 0 Å². The van der Waals surface area contributed by atoms with Crippen LogP contribution in [0.3, 0.4) is 0 Å². The molecule has 0 aliphatic heterocycles. The molecule has 0 atom stereocenters. The Morgan fingerprint density at radius 1 is 1.47 bits per heavy atom. The number of pyridine rings is 1. The van der Waals surface area contributed by atoms with Crippen molar-refractivity contribution in [1.29, 1.82) is 0 Å². The Labute approximate surface area is 98.6 Å². The fourth-order valence-corrected chi connectivity index (χ4v) is 1.40. The van der Waals surface area contributed by atoms with Gasteiger partial charge in [-0.15, -0.1) is 0 Å². The van der Waals surface area contributed by atoms with Crippen molar-refractivity contribution in [2.24, 2.45) is 0 Å². The van der Waals surface area contributed by atoms with E-state index in [0.29, 0.717) is 5.69 Å². The van der Waals surface area contributed by atoms with E-state index < -0.39 is 10.4 Å². The molecule has 1 aromatic rings. The Morgan fingerprint density at radius 3 is 2.65 bits per heavy atom. The molecule has 0 aliphatic carbocycles. The monoisotopic (exact) mass is 267 g/mol. The second-order valence-corrected chi connectivity index (χ2v) is 4.04. The molecule has 0 spiro atoms. The molecule has 0 bridgehead atoms. The van der Waals surface area contributed by atoms with Crippen molar-refractivity contribution in [3.8, 4) is 0 Å². The molecule has 0 saturated heterocycles. The summed E-state index contributed by atoms with van der Waals surface area (Å²) in [6.07, 6.45) is 1.20. The number of halogens is 3. The molecule has 1 aromatic heterocycles. The van der Waals surface area contributed by atoms with Crippen molar-refractivity contribution in [3.05, 3.63) is 28.4 Å².